The van der Waals surface area contributed by atoms with Gasteiger partial charge in [-0.25, -0.2) is 0 Å². The molecule has 0 unspecified atom stereocenters. The minimum atomic E-state index is 0.108. The molecule has 0 saturated carbocycles. The van der Waals surface area contributed by atoms with E-state index in [1.807, 2.05) is 60.4 Å². The number of carbonyl (C=O) groups excluding carboxylic acids is 1. The third-order valence-corrected chi connectivity index (χ3v) is 3.79. The lowest BCUT2D eigenvalue weighted by Crippen LogP contribution is -2.31. The summed E-state index contributed by atoms with van der Waals surface area (Å²) in [6, 6.07) is 15.6. The molecule has 1 aliphatic heterocycles. The van der Waals surface area contributed by atoms with Gasteiger partial charge in [-0.05, 0) is 44.0 Å². The summed E-state index contributed by atoms with van der Waals surface area (Å²) in [4.78, 5) is 19.2. The number of aromatic nitrogens is 1. The molecule has 0 spiro atoms. The lowest BCUT2D eigenvalue weighted by Gasteiger charge is -2.24. The first-order chi connectivity index (χ1) is 9.75. The molecule has 1 aliphatic rings. The van der Waals surface area contributed by atoms with Gasteiger partial charge in [-0.1, -0.05) is 24.3 Å². The van der Waals surface area contributed by atoms with Crippen LogP contribution in [0, 0.1) is 6.92 Å². The molecule has 3 rings (SSSR count). The van der Waals surface area contributed by atoms with Crippen LogP contribution in [0.2, 0.25) is 0 Å². The molecular weight excluding hydrogens is 248 g/mol. The molecule has 1 aromatic heterocycles. The van der Waals surface area contributed by atoms with Crippen LogP contribution in [0.25, 0.3) is 0 Å². The average Bonchev–Trinajstić information content (AvgIpc) is 2.97. The largest absolute Gasteiger partial charge is 0.330 e. The third kappa shape index (κ3) is 2.44. The zero-order chi connectivity index (χ0) is 13.9. The molecule has 3 nitrogen and oxygen atoms in total. The number of nitrogens with zero attached hydrogens (tertiary/aromatic N) is 2. The topological polar surface area (TPSA) is 33.2 Å². The Hall–Kier alpha value is -2.16. The van der Waals surface area contributed by atoms with Crippen molar-refractivity contribution in [1.29, 1.82) is 0 Å². The summed E-state index contributed by atoms with van der Waals surface area (Å²) >= 11 is 0. The summed E-state index contributed by atoms with van der Waals surface area (Å²) in [5.41, 5.74) is 2.76. The monoisotopic (exact) mass is 266 g/mol. The first kappa shape index (κ1) is 12.9. The smallest absolute Gasteiger partial charge is 0.254 e. The number of hydrogen-bond acceptors (Lipinski definition) is 2. The van der Waals surface area contributed by atoms with Crippen molar-refractivity contribution >= 4 is 5.91 Å². The van der Waals surface area contributed by atoms with Crippen LogP contribution in [0.1, 0.15) is 40.6 Å². The van der Waals surface area contributed by atoms with E-state index in [9.17, 15) is 4.79 Å². The van der Waals surface area contributed by atoms with Crippen LogP contribution in [-0.4, -0.2) is 22.3 Å². The van der Waals surface area contributed by atoms with Gasteiger partial charge >= 0.3 is 0 Å². The third-order valence-electron chi connectivity index (χ3n) is 3.79. The minimum Gasteiger partial charge on any atom is -0.330 e. The predicted molar refractivity (Wildman–Crippen MR) is 78.4 cm³/mol. The zero-order valence-electron chi connectivity index (χ0n) is 11.6. The summed E-state index contributed by atoms with van der Waals surface area (Å²) in [6.07, 6.45) is 2.04. The molecule has 1 amide bonds. The van der Waals surface area contributed by atoms with E-state index in [2.05, 4.69) is 4.98 Å². The van der Waals surface area contributed by atoms with Crippen molar-refractivity contribution in [3.8, 4) is 0 Å². The van der Waals surface area contributed by atoms with Gasteiger partial charge in [0.1, 0.15) is 0 Å². The highest BCUT2D eigenvalue weighted by Crippen LogP contribution is 2.32. The van der Waals surface area contributed by atoms with Crippen LogP contribution < -0.4 is 0 Å². The van der Waals surface area contributed by atoms with Gasteiger partial charge in [-0.2, -0.15) is 0 Å². The first-order valence-electron chi connectivity index (χ1n) is 7.05. The van der Waals surface area contributed by atoms with Gasteiger partial charge in [-0.3, -0.25) is 9.78 Å². The van der Waals surface area contributed by atoms with Crippen LogP contribution in [0.3, 0.4) is 0 Å². The second-order valence-corrected chi connectivity index (χ2v) is 5.23. The van der Waals surface area contributed by atoms with Crippen LogP contribution in [0.4, 0.5) is 0 Å². The highest BCUT2D eigenvalue weighted by atomic mass is 16.2. The quantitative estimate of drug-likeness (QED) is 0.835. The minimum absolute atomic E-state index is 0.108. The van der Waals surface area contributed by atoms with E-state index in [-0.39, 0.29) is 11.9 Å². The number of amides is 1. The summed E-state index contributed by atoms with van der Waals surface area (Å²) in [6.45, 7) is 2.80. The number of benzene rings is 1. The molecule has 2 heterocycles. The van der Waals surface area contributed by atoms with Crippen LogP contribution >= 0.6 is 0 Å². The van der Waals surface area contributed by atoms with E-state index in [1.54, 1.807) is 0 Å². The fraction of sp³-hybridized carbons (Fsp3) is 0.294. The normalized spacial score (nSPS) is 18.2. The fourth-order valence-corrected chi connectivity index (χ4v) is 2.81. The number of hydrogen-bond donors (Lipinski definition) is 0. The first-order valence-corrected chi connectivity index (χ1v) is 7.05. The molecule has 3 heteroatoms. The molecule has 1 aromatic carbocycles. The summed E-state index contributed by atoms with van der Waals surface area (Å²) in [7, 11) is 0. The van der Waals surface area contributed by atoms with E-state index in [0.29, 0.717) is 0 Å². The number of likely N-dealkylation sites (tertiary alicyclic amines) is 1. The summed E-state index contributed by atoms with van der Waals surface area (Å²) in [5, 5.41) is 0. The molecule has 20 heavy (non-hydrogen) atoms. The van der Waals surface area contributed by atoms with Crippen molar-refractivity contribution in [2.24, 2.45) is 0 Å². The van der Waals surface area contributed by atoms with Gasteiger partial charge in [0.2, 0.25) is 0 Å². The van der Waals surface area contributed by atoms with E-state index in [4.69, 9.17) is 0 Å². The molecule has 0 aliphatic carbocycles. The van der Waals surface area contributed by atoms with Crippen molar-refractivity contribution in [2.45, 2.75) is 25.8 Å². The molecule has 0 bridgehead atoms. The van der Waals surface area contributed by atoms with Crippen molar-refractivity contribution in [1.82, 2.24) is 9.88 Å². The number of carbonyl (C=O) groups is 1. The SMILES string of the molecule is Cc1cccc([C@@H]2CCCN2C(=O)c2ccccc2)n1. The van der Waals surface area contributed by atoms with E-state index >= 15 is 0 Å². The lowest BCUT2D eigenvalue weighted by atomic mass is 10.1. The average molecular weight is 266 g/mol. The van der Waals surface area contributed by atoms with E-state index < -0.39 is 0 Å². The number of aryl methyl sites for hydroxylation is 1. The van der Waals surface area contributed by atoms with Crippen molar-refractivity contribution in [2.75, 3.05) is 6.54 Å². The van der Waals surface area contributed by atoms with Crippen LogP contribution in [-0.2, 0) is 0 Å². The summed E-state index contributed by atoms with van der Waals surface area (Å²) < 4.78 is 0. The molecule has 102 valence electrons. The fourth-order valence-electron chi connectivity index (χ4n) is 2.81. The van der Waals surface area contributed by atoms with Crippen molar-refractivity contribution in [3.63, 3.8) is 0 Å². The van der Waals surface area contributed by atoms with Gasteiger partial charge < -0.3 is 4.90 Å². The van der Waals surface area contributed by atoms with Crippen molar-refractivity contribution < 1.29 is 4.79 Å². The highest BCUT2D eigenvalue weighted by Gasteiger charge is 2.31. The second kappa shape index (κ2) is 5.45. The van der Waals surface area contributed by atoms with E-state index in [1.165, 1.54) is 0 Å². The van der Waals surface area contributed by atoms with E-state index in [0.717, 1.165) is 36.3 Å². The standard InChI is InChI=1S/C17H18N2O/c1-13-7-5-10-15(18-13)16-11-6-12-19(16)17(20)14-8-3-2-4-9-14/h2-5,7-10,16H,6,11-12H2,1H3/t16-/m0/s1. The van der Waals surface area contributed by atoms with Crippen molar-refractivity contribution in [3.05, 3.63) is 65.5 Å². The number of rotatable bonds is 2. The van der Waals surface area contributed by atoms with Crippen LogP contribution in [0.5, 0.6) is 0 Å². The molecular formula is C17H18N2O. The Morgan fingerprint density at radius 1 is 1.15 bits per heavy atom. The Morgan fingerprint density at radius 2 is 1.95 bits per heavy atom. The molecule has 0 N–H and O–H groups in total. The van der Waals surface area contributed by atoms with Gasteiger partial charge in [0.05, 0.1) is 11.7 Å². The molecule has 1 fully saturated rings. The lowest BCUT2D eigenvalue weighted by molar-refractivity contribution is 0.0733. The van der Waals surface area contributed by atoms with Gasteiger partial charge in [0, 0.05) is 17.8 Å². The van der Waals surface area contributed by atoms with Gasteiger partial charge in [-0.15, -0.1) is 0 Å². The maximum Gasteiger partial charge on any atom is 0.254 e. The summed E-state index contributed by atoms with van der Waals surface area (Å²) in [5.74, 6) is 0.108. The van der Waals surface area contributed by atoms with Gasteiger partial charge in [0.15, 0.2) is 0 Å². The Labute approximate surface area is 119 Å². The maximum atomic E-state index is 12.6. The number of pyridine rings is 1. The molecule has 0 radical (unpaired) electrons. The van der Waals surface area contributed by atoms with Crippen LogP contribution in [0.15, 0.2) is 48.5 Å². The maximum absolute atomic E-state index is 12.6. The van der Waals surface area contributed by atoms with Gasteiger partial charge in [0.25, 0.3) is 5.91 Å². The Bertz CT molecular complexity index is 609. The molecule has 1 atom stereocenters. The molecule has 2 aromatic rings. The Balaban J connectivity index is 1.88. The second-order valence-electron chi connectivity index (χ2n) is 5.23. The Morgan fingerprint density at radius 3 is 2.70 bits per heavy atom. The molecule has 1 saturated heterocycles. The Kier molecular flexibility index (Phi) is 3.50. The zero-order valence-corrected chi connectivity index (χ0v) is 11.6. The predicted octanol–water partition coefficient (Wildman–Crippen LogP) is 3.37. The highest BCUT2D eigenvalue weighted by molar-refractivity contribution is 5.94.